The Morgan fingerprint density at radius 3 is 3.00 bits per heavy atom. The van der Waals surface area contributed by atoms with Crippen LogP contribution in [0.3, 0.4) is 0 Å². The van der Waals surface area contributed by atoms with Crippen LogP contribution >= 0.6 is 0 Å². The zero-order chi connectivity index (χ0) is 11.4. The van der Waals surface area contributed by atoms with Gasteiger partial charge in [-0.2, -0.15) is 0 Å². The van der Waals surface area contributed by atoms with Crippen molar-refractivity contribution >= 4 is 0 Å². The molecule has 16 heavy (non-hydrogen) atoms. The van der Waals surface area contributed by atoms with Crippen molar-refractivity contribution in [1.29, 1.82) is 0 Å². The highest BCUT2D eigenvalue weighted by Gasteiger charge is 2.16. The second-order valence-corrected chi connectivity index (χ2v) is 3.78. The smallest absolute Gasteiger partial charge is 0.107 e. The quantitative estimate of drug-likeness (QED) is 0.810. The Morgan fingerprint density at radius 1 is 1.56 bits per heavy atom. The third-order valence-electron chi connectivity index (χ3n) is 2.68. The Bertz CT molecular complexity index is 419. The summed E-state index contributed by atoms with van der Waals surface area (Å²) in [4.78, 5) is 7.38. The van der Waals surface area contributed by atoms with Crippen molar-refractivity contribution in [3.63, 3.8) is 0 Å². The van der Waals surface area contributed by atoms with Crippen LogP contribution in [-0.4, -0.2) is 16.5 Å². The lowest BCUT2D eigenvalue weighted by Gasteiger charge is -2.15. The molecule has 0 bridgehead atoms. The zero-order valence-electron chi connectivity index (χ0n) is 9.66. The summed E-state index contributed by atoms with van der Waals surface area (Å²) in [7, 11) is 0. The molecule has 0 spiro atoms. The third-order valence-corrected chi connectivity index (χ3v) is 2.68. The molecule has 2 aromatic heterocycles. The fraction of sp³-hybridized carbons (Fsp3) is 0.417. The van der Waals surface area contributed by atoms with Crippen molar-refractivity contribution in [3.8, 4) is 0 Å². The summed E-state index contributed by atoms with van der Waals surface area (Å²) < 4.78 is 5.34. The van der Waals surface area contributed by atoms with Crippen LogP contribution in [0.25, 0.3) is 0 Å². The van der Waals surface area contributed by atoms with E-state index in [4.69, 9.17) is 4.42 Å². The fourth-order valence-electron chi connectivity index (χ4n) is 1.90. The Kier molecular flexibility index (Phi) is 3.41. The van der Waals surface area contributed by atoms with Gasteiger partial charge in [-0.05, 0) is 19.5 Å². The van der Waals surface area contributed by atoms with Crippen LogP contribution in [0.1, 0.15) is 30.1 Å². The summed E-state index contributed by atoms with van der Waals surface area (Å²) >= 11 is 0. The molecule has 0 fully saturated rings. The minimum atomic E-state index is 0.259. The Labute approximate surface area is 95.1 Å². The van der Waals surface area contributed by atoms with Gasteiger partial charge in [0.2, 0.25) is 0 Å². The topological polar surface area (TPSA) is 53.9 Å². The standard InChI is InChI=1S/C12H17N3O/c1-3-13-11(8-12-14-5-6-15-12)10-4-7-16-9(10)2/h4-7,11,13H,3,8H2,1-2H3,(H,14,15). The van der Waals surface area contributed by atoms with Crippen LogP contribution in [0, 0.1) is 6.92 Å². The van der Waals surface area contributed by atoms with E-state index >= 15 is 0 Å². The Hall–Kier alpha value is -1.55. The molecular formula is C12H17N3O. The van der Waals surface area contributed by atoms with Crippen LogP contribution in [0.4, 0.5) is 0 Å². The highest BCUT2D eigenvalue weighted by atomic mass is 16.3. The summed E-state index contributed by atoms with van der Waals surface area (Å²) in [5.74, 6) is 1.96. The van der Waals surface area contributed by atoms with Gasteiger partial charge in [-0.25, -0.2) is 4.98 Å². The number of imidazole rings is 1. The molecule has 0 amide bonds. The van der Waals surface area contributed by atoms with E-state index in [-0.39, 0.29) is 6.04 Å². The van der Waals surface area contributed by atoms with E-state index < -0.39 is 0 Å². The second-order valence-electron chi connectivity index (χ2n) is 3.78. The zero-order valence-corrected chi connectivity index (χ0v) is 9.66. The minimum absolute atomic E-state index is 0.259. The van der Waals surface area contributed by atoms with Crippen LogP contribution in [-0.2, 0) is 6.42 Å². The Morgan fingerprint density at radius 2 is 2.44 bits per heavy atom. The van der Waals surface area contributed by atoms with Gasteiger partial charge < -0.3 is 14.7 Å². The minimum Gasteiger partial charge on any atom is -0.469 e. The molecule has 4 heteroatoms. The summed E-state index contributed by atoms with van der Waals surface area (Å²) in [5, 5.41) is 3.44. The number of furan rings is 1. The molecule has 0 aliphatic heterocycles. The van der Waals surface area contributed by atoms with Gasteiger partial charge in [-0.1, -0.05) is 6.92 Å². The highest BCUT2D eigenvalue weighted by Crippen LogP contribution is 2.21. The number of aromatic amines is 1. The summed E-state index contributed by atoms with van der Waals surface area (Å²) in [6.45, 7) is 5.02. The average molecular weight is 219 g/mol. The van der Waals surface area contributed by atoms with Crippen LogP contribution in [0.2, 0.25) is 0 Å². The molecule has 0 aliphatic carbocycles. The second kappa shape index (κ2) is 4.99. The van der Waals surface area contributed by atoms with Gasteiger partial charge in [-0.15, -0.1) is 0 Å². The third kappa shape index (κ3) is 2.33. The monoisotopic (exact) mass is 219 g/mol. The normalized spacial score (nSPS) is 12.9. The molecular weight excluding hydrogens is 202 g/mol. The Balaban J connectivity index is 2.14. The van der Waals surface area contributed by atoms with Crippen molar-refractivity contribution in [3.05, 3.63) is 41.9 Å². The van der Waals surface area contributed by atoms with E-state index in [0.29, 0.717) is 0 Å². The van der Waals surface area contributed by atoms with Gasteiger partial charge in [-0.3, -0.25) is 0 Å². The number of nitrogens with one attached hydrogen (secondary N) is 2. The van der Waals surface area contributed by atoms with Crippen LogP contribution in [0.15, 0.2) is 29.1 Å². The number of hydrogen-bond acceptors (Lipinski definition) is 3. The molecule has 86 valence electrons. The van der Waals surface area contributed by atoms with Gasteiger partial charge in [0.15, 0.2) is 0 Å². The fourth-order valence-corrected chi connectivity index (χ4v) is 1.90. The lowest BCUT2D eigenvalue weighted by atomic mass is 10.0. The lowest BCUT2D eigenvalue weighted by molar-refractivity contribution is 0.497. The first-order chi connectivity index (χ1) is 7.81. The van der Waals surface area contributed by atoms with Crippen LogP contribution < -0.4 is 5.32 Å². The molecule has 0 aromatic carbocycles. The predicted octanol–water partition coefficient (Wildman–Crippen LogP) is 2.20. The van der Waals surface area contributed by atoms with Crippen molar-refractivity contribution < 1.29 is 4.42 Å². The number of aromatic nitrogens is 2. The molecule has 0 saturated carbocycles. The van der Waals surface area contributed by atoms with E-state index in [0.717, 1.165) is 24.6 Å². The first-order valence-electron chi connectivity index (χ1n) is 5.57. The van der Waals surface area contributed by atoms with Crippen molar-refractivity contribution in [2.45, 2.75) is 26.3 Å². The van der Waals surface area contributed by atoms with Gasteiger partial charge in [0.05, 0.1) is 6.26 Å². The maximum Gasteiger partial charge on any atom is 0.107 e. The van der Waals surface area contributed by atoms with E-state index in [9.17, 15) is 0 Å². The van der Waals surface area contributed by atoms with Gasteiger partial charge in [0.1, 0.15) is 11.6 Å². The summed E-state index contributed by atoms with van der Waals surface area (Å²) in [5.41, 5.74) is 1.21. The largest absolute Gasteiger partial charge is 0.469 e. The van der Waals surface area contributed by atoms with Crippen molar-refractivity contribution in [2.75, 3.05) is 6.54 Å². The molecule has 2 heterocycles. The maximum atomic E-state index is 5.34. The van der Waals surface area contributed by atoms with E-state index in [1.807, 2.05) is 19.2 Å². The number of hydrogen-bond donors (Lipinski definition) is 2. The van der Waals surface area contributed by atoms with Crippen molar-refractivity contribution in [1.82, 2.24) is 15.3 Å². The molecule has 1 unspecified atom stereocenters. The van der Waals surface area contributed by atoms with Gasteiger partial charge in [0.25, 0.3) is 0 Å². The van der Waals surface area contributed by atoms with E-state index in [1.165, 1.54) is 5.56 Å². The van der Waals surface area contributed by atoms with Gasteiger partial charge in [0, 0.05) is 30.4 Å². The maximum absolute atomic E-state index is 5.34. The number of nitrogens with zero attached hydrogens (tertiary/aromatic N) is 1. The number of likely N-dealkylation sites (N-methyl/N-ethyl adjacent to an activating group) is 1. The number of rotatable bonds is 5. The van der Waals surface area contributed by atoms with Crippen LogP contribution in [0.5, 0.6) is 0 Å². The highest BCUT2D eigenvalue weighted by molar-refractivity contribution is 5.21. The molecule has 2 rings (SSSR count). The number of H-pyrrole nitrogens is 1. The predicted molar refractivity (Wildman–Crippen MR) is 62.2 cm³/mol. The van der Waals surface area contributed by atoms with E-state index in [2.05, 4.69) is 22.2 Å². The molecule has 2 aromatic rings. The van der Waals surface area contributed by atoms with Crippen molar-refractivity contribution in [2.24, 2.45) is 0 Å². The summed E-state index contributed by atoms with van der Waals surface area (Å²) in [6, 6.07) is 2.28. The first-order valence-corrected chi connectivity index (χ1v) is 5.57. The molecule has 0 radical (unpaired) electrons. The molecule has 0 saturated heterocycles. The molecule has 1 atom stereocenters. The average Bonchev–Trinajstić information content (AvgIpc) is 2.88. The number of aryl methyl sites for hydroxylation is 1. The lowest BCUT2D eigenvalue weighted by Crippen LogP contribution is -2.23. The molecule has 0 aliphatic rings. The molecule has 2 N–H and O–H groups in total. The van der Waals surface area contributed by atoms with Gasteiger partial charge >= 0.3 is 0 Å². The summed E-state index contributed by atoms with van der Waals surface area (Å²) in [6.07, 6.45) is 6.21. The SMILES string of the molecule is CCNC(Cc1ncc[nH]1)c1ccoc1C. The molecule has 4 nitrogen and oxygen atoms in total. The first kappa shape index (κ1) is 11.0. The van der Waals surface area contributed by atoms with E-state index in [1.54, 1.807) is 12.5 Å².